The van der Waals surface area contributed by atoms with Crippen LogP contribution in [0.25, 0.3) is 0 Å². The van der Waals surface area contributed by atoms with Gasteiger partial charge in [0.25, 0.3) is 5.91 Å². The normalized spacial score (nSPS) is 18.5. The monoisotopic (exact) mass is 434 g/mol. The average molecular weight is 435 g/mol. The number of carbonyl (C=O) groups excluding carboxylic acids is 1. The van der Waals surface area contributed by atoms with Gasteiger partial charge in [0, 0.05) is 28.3 Å². The van der Waals surface area contributed by atoms with Crippen LogP contribution in [0.5, 0.6) is 0 Å². The molecule has 118 valence electrons. The zero-order chi connectivity index (χ0) is 14.9. The molecule has 1 unspecified atom stereocenters. The van der Waals surface area contributed by atoms with Crippen LogP contribution in [0.15, 0.2) is 18.2 Å². The van der Waals surface area contributed by atoms with Crippen molar-refractivity contribution in [2.75, 3.05) is 13.1 Å². The number of likely N-dealkylation sites (tertiary alicyclic amines) is 1. The van der Waals surface area contributed by atoms with Gasteiger partial charge >= 0.3 is 6.18 Å². The topological polar surface area (TPSA) is 46.3 Å². The van der Waals surface area contributed by atoms with E-state index in [2.05, 4.69) is 0 Å². The highest BCUT2D eigenvalue weighted by molar-refractivity contribution is 14.1. The highest BCUT2D eigenvalue weighted by atomic mass is 127. The van der Waals surface area contributed by atoms with Gasteiger partial charge in [-0.15, -0.1) is 12.4 Å². The van der Waals surface area contributed by atoms with Crippen molar-refractivity contribution in [3.8, 4) is 0 Å². The highest BCUT2D eigenvalue weighted by Crippen LogP contribution is 2.32. The SMILES string of the molecule is Cl.NCC1CCCN1C(=O)c1cc(I)cc(C(F)(F)F)c1. The van der Waals surface area contributed by atoms with Crippen molar-refractivity contribution in [1.29, 1.82) is 0 Å². The van der Waals surface area contributed by atoms with Gasteiger partial charge in [-0.05, 0) is 53.6 Å². The summed E-state index contributed by atoms with van der Waals surface area (Å²) in [5.74, 6) is -0.373. The van der Waals surface area contributed by atoms with Crippen LogP contribution in [0.4, 0.5) is 13.2 Å². The number of benzene rings is 1. The maximum atomic E-state index is 12.8. The predicted molar refractivity (Wildman–Crippen MR) is 84.5 cm³/mol. The Bertz CT molecular complexity index is 525. The van der Waals surface area contributed by atoms with Crippen LogP contribution in [0.2, 0.25) is 0 Å². The molecule has 1 atom stereocenters. The van der Waals surface area contributed by atoms with Gasteiger partial charge in [0.05, 0.1) is 5.56 Å². The van der Waals surface area contributed by atoms with E-state index in [1.807, 2.05) is 0 Å². The van der Waals surface area contributed by atoms with Gasteiger partial charge < -0.3 is 10.6 Å². The quantitative estimate of drug-likeness (QED) is 0.726. The molecule has 0 aliphatic carbocycles. The summed E-state index contributed by atoms with van der Waals surface area (Å²) in [6.07, 6.45) is -2.81. The first kappa shape index (κ1) is 18.5. The van der Waals surface area contributed by atoms with Crippen LogP contribution in [0.3, 0.4) is 0 Å². The lowest BCUT2D eigenvalue weighted by Gasteiger charge is -2.24. The molecule has 0 saturated carbocycles. The van der Waals surface area contributed by atoms with Crippen molar-refractivity contribution < 1.29 is 18.0 Å². The first-order valence-electron chi connectivity index (χ1n) is 6.21. The van der Waals surface area contributed by atoms with E-state index in [0.717, 1.165) is 25.0 Å². The van der Waals surface area contributed by atoms with Gasteiger partial charge in [-0.3, -0.25) is 4.79 Å². The van der Waals surface area contributed by atoms with Crippen LogP contribution in [-0.2, 0) is 6.18 Å². The van der Waals surface area contributed by atoms with E-state index in [9.17, 15) is 18.0 Å². The minimum atomic E-state index is -4.45. The van der Waals surface area contributed by atoms with Crippen LogP contribution >= 0.6 is 35.0 Å². The van der Waals surface area contributed by atoms with E-state index >= 15 is 0 Å². The van der Waals surface area contributed by atoms with Crippen molar-refractivity contribution in [2.24, 2.45) is 5.73 Å². The number of rotatable bonds is 2. The molecule has 3 nitrogen and oxygen atoms in total. The molecular weight excluding hydrogens is 420 g/mol. The van der Waals surface area contributed by atoms with Gasteiger partial charge in [0.15, 0.2) is 0 Å². The molecule has 1 aliphatic heterocycles. The molecule has 1 aliphatic rings. The van der Waals surface area contributed by atoms with Crippen molar-refractivity contribution >= 4 is 40.9 Å². The standard InChI is InChI=1S/C13H14F3IN2O.ClH/c14-13(15,16)9-4-8(5-10(17)6-9)12(20)19-3-1-2-11(19)7-18;/h4-6,11H,1-3,7,18H2;1H. The van der Waals surface area contributed by atoms with E-state index < -0.39 is 11.7 Å². The average Bonchev–Trinajstić information content (AvgIpc) is 2.84. The molecule has 1 aromatic carbocycles. The largest absolute Gasteiger partial charge is 0.416 e. The molecule has 1 saturated heterocycles. The number of nitrogens with two attached hydrogens (primary N) is 1. The summed E-state index contributed by atoms with van der Waals surface area (Å²) in [5, 5.41) is 0. The summed E-state index contributed by atoms with van der Waals surface area (Å²) < 4.78 is 38.7. The maximum Gasteiger partial charge on any atom is 0.416 e. The molecule has 1 fully saturated rings. The van der Waals surface area contributed by atoms with Crippen molar-refractivity contribution in [3.05, 3.63) is 32.9 Å². The van der Waals surface area contributed by atoms with Crippen LogP contribution < -0.4 is 5.73 Å². The third kappa shape index (κ3) is 4.23. The van der Waals surface area contributed by atoms with Gasteiger partial charge in [-0.25, -0.2) is 0 Å². The summed E-state index contributed by atoms with van der Waals surface area (Å²) in [5.41, 5.74) is 4.87. The van der Waals surface area contributed by atoms with E-state index in [0.29, 0.717) is 16.7 Å². The van der Waals surface area contributed by atoms with E-state index in [-0.39, 0.29) is 29.9 Å². The van der Waals surface area contributed by atoms with Gasteiger partial charge in [0.1, 0.15) is 0 Å². The number of amides is 1. The molecule has 0 bridgehead atoms. The Morgan fingerprint density at radius 3 is 2.62 bits per heavy atom. The third-order valence-corrected chi connectivity index (χ3v) is 4.00. The molecule has 8 heteroatoms. The third-order valence-electron chi connectivity index (χ3n) is 3.38. The Balaban J connectivity index is 0.00000220. The minimum absolute atomic E-state index is 0. The number of halogens is 5. The van der Waals surface area contributed by atoms with Crippen LogP contribution in [0.1, 0.15) is 28.8 Å². The maximum absolute atomic E-state index is 12.8. The molecule has 0 aromatic heterocycles. The second-order valence-corrected chi connectivity index (χ2v) is 6.00. The molecule has 0 spiro atoms. The van der Waals surface area contributed by atoms with Crippen molar-refractivity contribution in [2.45, 2.75) is 25.1 Å². The summed E-state index contributed by atoms with van der Waals surface area (Å²) in [4.78, 5) is 13.9. The van der Waals surface area contributed by atoms with E-state index in [1.54, 1.807) is 27.5 Å². The van der Waals surface area contributed by atoms with Crippen molar-refractivity contribution in [3.63, 3.8) is 0 Å². The molecule has 1 heterocycles. The van der Waals surface area contributed by atoms with Crippen LogP contribution in [-0.4, -0.2) is 29.9 Å². The summed E-state index contributed by atoms with van der Waals surface area (Å²) in [6, 6.07) is 3.34. The second-order valence-electron chi connectivity index (χ2n) is 4.76. The lowest BCUT2D eigenvalue weighted by atomic mass is 10.1. The lowest BCUT2D eigenvalue weighted by Crippen LogP contribution is -2.40. The van der Waals surface area contributed by atoms with Crippen molar-refractivity contribution in [1.82, 2.24) is 4.90 Å². The summed E-state index contributed by atoms with van der Waals surface area (Å²) in [7, 11) is 0. The Morgan fingerprint density at radius 2 is 2.05 bits per heavy atom. The molecule has 1 amide bonds. The number of hydrogen-bond acceptors (Lipinski definition) is 2. The zero-order valence-electron chi connectivity index (χ0n) is 11.0. The molecule has 21 heavy (non-hydrogen) atoms. The Labute approximate surface area is 140 Å². The van der Waals surface area contributed by atoms with Crippen LogP contribution in [0, 0.1) is 3.57 Å². The lowest BCUT2D eigenvalue weighted by molar-refractivity contribution is -0.137. The number of nitrogens with zero attached hydrogens (tertiary/aromatic N) is 1. The number of hydrogen-bond donors (Lipinski definition) is 1. The Hall–Kier alpha value is -0.540. The first-order chi connectivity index (χ1) is 9.32. The smallest absolute Gasteiger partial charge is 0.334 e. The zero-order valence-corrected chi connectivity index (χ0v) is 14.0. The summed E-state index contributed by atoms with van der Waals surface area (Å²) >= 11 is 1.79. The van der Waals surface area contributed by atoms with E-state index in [1.165, 1.54) is 6.07 Å². The fourth-order valence-corrected chi connectivity index (χ4v) is 3.06. The van der Waals surface area contributed by atoms with Gasteiger partial charge in [-0.2, -0.15) is 13.2 Å². The molecular formula is C13H15ClF3IN2O. The molecule has 2 N–H and O–H groups in total. The van der Waals surface area contributed by atoms with Gasteiger partial charge in [-0.1, -0.05) is 0 Å². The molecule has 2 rings (SSSR count). The minimum Gasteiger partial charge on any atom is -0.334 e. The first-order valence-corrected chi connectivity index (χ1v) is 7.29. The number of carbonyl (C=O) groups is 1. The highest BCUT2D eigenvalue weighted by Gasteiger charge is 2.33. The van der Waals surface area contributed by atoms with E-state index in [4.69, 9.17) is 5.73 Å². The predicted octanol–water partition coefficient (Wildman–Crippen LogP) is 3.30. The Morgan fingerprint density at radius 1 is 1.38 bits per heavy atom. The second kappa shape index (κ2) is 7.15. The number of alkyl halides is 3. The molecule has 0 radical (unpaired) electrons. The fourth-order valence-electron chi connectivity index (χ4n) is 2.39. The Kier molecular flexibility index (Phi) is 6.30. The van der Waals surface area contributed by atoms with Gasteiger partial charge in [0.2, 0.25) is 0 Å². The summed E-state index contributed by atoms with van der Waals surface area (Å²) in [6.45, 7) is 0.884. The molecule has 1 aromatic rings. The fraction of sp³-hybridized carbons (Fsp3) is 0.462.